The first-order chi connectivity index (χ1) is 31.6. The van der Waals surface area contributed by atoms with E-state index in [1.54, 1.807) is 6.08 Å². The molecule has 2 aliphatic heterocycles. The summed E-state index contributed by atoms with van der Waals surface area (Å²) in [6.45, 7) is 2.78. The average Bonchev–Trinajstić information content (AvgIpc) is 3.30. The molecule has 12 unspecified atom stereocenters. The van der Waals surface area contributed by atoms with Crippen LogP contribution in [0.2, 0.25) is 0 Å². The number of amides is 1. The highest BCUT2D eigenvalue weighted by molar-refractivity contribution is 5.76. The number of carbonyl (C=O) groups excluding carboxylic acids is 1. The zero-order chi connectivity index (χ0) is 47.5. The number of carbonyl (C=O) groups is 1. The monoisotopic (exact) mass is 930 g/mol. The van der Waals surface area contributed by atoms with Crippen molar-refractivity contribution in [3.05, 3.63) is 24.3 Å². The van der Waals surface area contributed by atoms with Crippen LogP contribution < -0.4 is 5.32 Å². The topological polar surface area (TPSA) is 228 Å². The van der Waals surface area contributed by atoms with Crippen molar-refractivity contribution in [1.82, 2.24) is 5.32 Å². The minimum atomic E-state index is -1.79. The maximum Gasteiger partial charge on any atom is 0.220 e. The number of aliphatic hydroxyl groups excluding tert-OH is 8. The maximum absolute atomic E-state index is 13.2. The van der Waals surface area contributed by atoms with E-state index < -0.39 is 86.8 Å². The minimum absolute atomic E-state index is 0.248. The molecule has 0 aliphatic carbocycles. The first-order valence-corrected chi connectivity index (χ1v) is 26.1. The second kappa shape index (κ2) is 38.3. The van der Waals surface area contributed by atoms with Gasteiger partial charge in [0.2, 0.25) is 5.91 Å². The third kappa shape index (κ3) is 25.6. The van der Waals surface area contributed by atoms with Crippen molar-refractivity contribution >= 4 is 5.91 Å². The minimum Gasteiger partial charge on any atom is -0.394 e. The molecule has 0 aromatic carbocycles. The van der Waals surface area contributed by atoms with Crippen LogP contribution in [0.1, 0.15) is 200 Å². The summed E-state index contributed by atoms with van der Waals surface area (Å²) < 4.78 is 22.7. The fourth-order valence-corrected chi connectivity index (χ4v) is 8.58. The van der Waals surface area contributed by atoms with Crippen LogP contribution in [0, 0.1) is 0 Å². The molecule has 14 nitrogen and oxygen atoms in total. The molecule has 0 spiro atoms. The summed E-state index contributed by atoms with van der Waals surface area (Å²) in [7, 11) is 0. The highest BCUT2D eigenvalue weighted by atomic mass is 16.7. The summed E-state index contributed by atoms with van der Waals surface area (Å²) in [5, 5.41) is 86.8. The van der Waals surface area contributed by atoms with E-state index in [0.29, 0.717) is 6.42 Å². The van der Waals surface area contributed by atoms with E-state index >= 15 is 0 Å². The van der Waals surface area contributed by atoms with Crippen LogP contribution in [-0.4, -0.2) is 140 Å². The van der Waals surface area contributed by atoms with Crippen molar-refractivity contribution in [2.75, 3.05) is 19.8 Å². The predicted molar refractivity (Wildman–Crippen MR) is 254 cm³/mol. The number of rotatable bonds is 40. The standard InChI is InChI=1S/C51H95NO13/c1-3-5-7-9-11-13-15-17-19-21-22-24-26-28-30-32-34-40(55)39(52-43(56)35-33-31-29-27-25-23-20-18-16-14-12-10-8-6-4-2)38-62-50-48(61)46(59)49(42(37-54)64-50)65-51-47(60)45(58)44(57)41(36-53)63-51/h18,20,32,34,39-42,44-51,53-55,57-61H,3-17,19,21-31,33,35-38H2,1-2H3,(H,52,56)/b20-18-,34-32+. The average molecular weight is 930 g/mol. The molecule has 382 valence electrons. The molecule has 12 atom stereocenters. The SMILES string of the molecule is CCCCCCCC/C=C\CCCCCCCC(=O)NC(COC1OC(CO)C(OC2OC(CO)C(O)C(O)C2O)C(O)C1O)C(O)/C=C/CCCCCCCCCCCCCCCC. The summed E-state index contributed by atoms with van der Waals surface area (Å²) in [6, 6.07) is -0.915. The molecule has 1 amide bonds. The quantitative estimate of drug-likeness (QED) is 0.0225. The zero-order valence-electron chi connectivity index (χ0n) is 40.5. The van der Waals surface area contributed by atoms with Crippen LogP contribution in [-0.2, 0) is 23.7 Å². The number of ether oxygens (including phenoxy) is 4. The molecular weight excluding hydrogens is 835 g/mol. The van der Waals surface area contributed by atoms with Gasteiger partial charge in [-0.1, -0.05) is 173 Å². The van der Waals surface area contributed by atoms with Crippen LogP contribution in [0.3, 0.4) is 0 Å². The van der Waals surface area contributed by atoms with Crippen molar-refractivity contribution < 1.29 is 64.6 Å². The van der Waals surface area contributed by atoms with Gasteiger partial charge in [-0.15, -0.1) is 0 Å². The van der Waals surface area contributed by atoms with E-state index in [2.05, 4.69) is 31.3 Å². The van der Waals surface area contributed by atoms with Gasteiger partial charge in [-0.2, -0.15) is 0 Å². The summed E-state index contributed by atoms with van der Waals surface area (Å²) in [6.07, 6.45) is 24.9. The fraction of sp³-hybridized carbons (Fsp3) is 0.902. The summed E-state index contributed by atoms with van der Waals surface area (Å²) >= 11 is 0. The number of unbranched alkanes of at least 4 members (excludes halogenated alkanes) is 25. The molecule has 2 saturated heterocycles. The van der Waals surface area contributed by atoms with Crippen LogP contribution >= 0.6 is 0 Å². The third-order valence-corrected chi connectivity index (χ3v) is 12.9. The van der Waals surface area contributed by atoms with E-state index in [0.717, 1.165) is 57.8 Å². The maximum atomic E-state index is 13.2. The van der Waals surface area contributed by atoms with Gasteiger partial charge in [-0.25, -0.2) is 0 Å². The van der Waals surface area contributed by atoms with Gasteiger partial charge in [0.15, 0.2) is 12.6 Å². The molecule has 2 fully saturated rings. The summed E-state index contributed by atoms with van der Waals surface area (Å²) in [4.78, 5) is 13.2. The second-order valence-corrected chi connectivity index (χ2v) is 18.6. The Balaban J connectivity index is 1.85. The Morgan fingerprint density at radius 3 is 1.46 bits per heavy atom. The number of nitrogens with one attached hydrogen (secondary N) is 1. The molecule has 2 rings (SSSR count). The van der Waals surface area contributed by atoms with Crippen LogP contribution in [0.25, 0.3) is 0 Å². The molecule has 2 aliphatic rings. The molecule has 0 bridgehead atoms. The van der Waals surface area contributed by atoms with Crippen molar-refractivity contribution in [2.24, 2.45) is 0 Å². The predicted octanol–water partition coefficient (Wildman–Crippen LogP) is 6.94. The lowest BCUT2D eigenvalue weighted by Crippen LogP contribution is -2.65. The van der Waals surface area contributed by atoms with E-state index in [9.17, 15) is 45.6 Å². The van der Waals surface area contributed by atoms with Crippen LogP contribution in [0.15, 0.2) is 24.3 Å². The van der Waals surface area contributed by atoms with Crippen LogP contribution in [0.4, 0.5) is 0 Å². The largest absolute Gasteiger partial charge is 0.394 e. The Morgan fingerprint density at radius 2 is 0.969 bits per heavy atom. The van der Waals surface area contributed by atoms with Crippen LogP contribution in [0.5, 0.6) is 0 Å². The molecule has 0 aromatic heterocycles. The van der Waals surface area contributed by atoms with Crippen molar-refractivity contribution in [1.29, 1.82) is 0 Å². The van der Waals surface area contributed by atoms with Crippen molar-refractivity contribution in [2.45, 2.75) is 274 Å². The molecule has 0 radical (unpaired) electrons. The van der Waals surface area contributed by atoms with E-state index in [1.807, 2.05) is 6.08 Å². The van der Waals surface area contributed by atoms with Gasteiger partial charge in [-0.05, 0) is 44.9 Å². The lowest BCUT2D eigenvalue weighted by atomic mass is 9.97. The molecule has 9 N–H and O–H groups in total. The Labute approximate surface area is 392 Å². The number of hydrogen-bond acceptors (Lipinski definition) is 13. The van der Waals surface area contributed by atoms with Crippen molar-refractivity contribution in [3.63, 3.8) is 0 Å². The van der Waals surface area contributed by atoms with Crippen molar-refractivity contribution in [3.8, 4) is 0 Å². The highest BCUT2D eigenvalue weighted by Crippen LogP contribution is 2.30. The number of hydrogen-bond donors (Lipinski definition) is 9. The Morgan fingerprint density at radius 1 is 0.538 bits per heavy atom. The summed E-state index contributed by atoms with van der Waals surface area (Å²) in [5.74, 6) is -0.248. The smallest absolute Gasteiger partial charge is 0.220 e. The fourth-order valence-electron chi connectivity index (χ4n) is 8.58. The molecule has 2 heterocycles. The number of allylic oxidation sites excluding steroid dienone is 3. The van der Waals surface area contributed by atoms with E-state index in [4.69, 9.17) is 18.9 Å². The zero-order valence-corrected chi connectivity index (χ0v) is 40.5. The van der Waals surface area contributed by atoms with Gasteiger partial charge < -0.3 is 65.1 Å². The highest BCUT2D eigenvalue weighted by Gasteiger charge is 2.51. The molecule has 0 aromatic rings. The normalized spacial score (nSPS) is 27.2. The van der Waals surface area contributed by atoms with Gasteiger partial charge in [-0.3, -0.25) is 4.79 Å². The number of aliphatic hydroxyl groups is 8. The first-order valence-electron chi connectivity index (χ1n) is 26.1. The van der Waals surface area contributed by atoms with E-state index in [-0.39, 0.29) is 18.9 Å². The Hall–Kier alpha value is -1.53. The molecular formula is C51H95NO13. The van der Waals surface area contributed by atoms with Gasteiger partial charge in [0.05, 0.1) is 32.0 Å². The molecule has 14 heteroatoms. The van der Waals surface area contributed by atoms with Gasteiger partial charge in [0.25, 0.3) is 0 Å². The lowest BCUT2D eigenvalue weighted by molar-refractivity contribution is -0.359. The van der Waals surface area contributed by atoms with Gasteiger partial charge in [0.1, 0.15) is 48.8 Å². The Bertz CT molecular complexity index is 1190. The first kappa shape index (κ1) is 59.6. The second-order valence-electron chi connectivity index (χ2n) is 18.6. The van der Waals surface area contributed by atoms with E-state index in [1.165, 1.54) is 116 Å². The molecule has 0 saturated carbocycles. The lowest BCUT2D eigenvalue weighted by Gasteiger charge is -2.46. The van der Waals surface area contributed by atoms with Gasteiger partial charge >= 0.3 is 0 Å². The third-order valence-electron chi connectivity index (χ3n) is 12.9. The summed E-state index contributed by atoms with van der Waals surface area (Å²) in [5.41, 5.74) is 0. The van der Waals surface area contributed by atoms with Gasteiger partial charge in [0, 0.05) is 6.42 Å². The molecule has 65 heavy (non-hydrogen) atoms. The Kier molecular flexibility index (Phi) is 35.1.